The van der Waals surface area contributed by atoms with Gasteiger partial charge in [-0.3, -0.25) is 4.79 Å². The molecule has 2 rings (SSSR count). The number of aryl methyl sites for hydroxylation is 1. The van der Waals surface area contributed by atoms with Gasteiger partial charge in [-0.15, -0.1) is 0 Å². The quantitative estimate of drug-likeness (QED) is 0.810. The number of fused-ring (bicyclic) bond motifs is 1. The Bertz CT molecular complexity index is 463. The molecule has 1 aliphatic rings. The van der Waals surface area contributed by atoms with Crippen molar-refractivity contribution in [3.63, 3.8) is 0 Å². The fourth-order valence-electron chi connectivity index (χ4n) is 2.13. The first kappa shape index (κ1) is 10.9. The van der Waals surface area contributed by atoms with Crippen LogP contribution in [-0.2, 0) is 11.2 Å². The molecule has 0 fully saturated rings. The Balaban J connectivity index is 2.23. The Morgan fingerprint density at radius 1 is 1.56 bits per heavy atom. The van der Waals surface area contributed by atoms with Crippen molar-refractivity contribution < 1.29 is 9.90 Å². The summed E-state index contributed by atoms with van der Waals surface area (Å²) < 4.78 is 0. The van der Waals surface area contributed by atoms with Crippen LogP contribution in [0.3, 0.4) is 0 Å². The Morgan fingerprint density at radius 3 is 3.00 bits per heavy atom. The molecule has 0 aromatic heterocycles. The van der Waals surface area contributed by atoms with Crippen LogP contribution in [0.2, 0.25) is 0 Å². The topological polar surface area (TPSA) is 63.3 Å². The van der Waals surface area contributed by atoms with Gasteiger partial charge in [0.25, 0.3) is 0 Å². The average Bonchev–Trinajstić information content (AvgIpc) is 2.63. The summed E-state index contributed by atoms with van der Waals surface area (Å²) in [7, 11) is 0. The maximum Gasteiger partial charge on any atom is 0.320 e. The molecule has 3 heteroatoms. The van der Waals surface area contributed by atoms with E-state index in [1.807, 2.05) is 12.1 Å². The first-order valence-electron chi connectivity index (χ1n) is 5.36. The number of carboxylic acids is 1. The summed E-state index contributed by atoms with van der Waals surface area (Å²) in [4.78, 5) is 10.7. The molecule has 0 bridgehead atoms. The second kappa shape index (κ2) is 4.10. The van der Waals surface area contributed by atoms with Gasteiger partial charge in [-0.25, -0.2) is 0 Å². The molecular formula is C13H15NO2. The van der Waals surface area contributed by atoms with Crippen molar-refractivity contribution in [1.29, 1.82) is 0 Å². The van der Waals surface area contributed by atoms with Gasteiger partial charge in [0.2, 0.25) is 0 Å². The molecule has 16 heavy (non-hydrogen) atoms. The van der Waals surface area contributed by atoms with Gasteiger partial charge >= 0.3 is 5.97 Å². The zero-order valence-corrected chi connectivity index (χ0v) is 9.23. The highest BCUT2D eigenvalue weighted by Gasteiger charge is 2.20. The number of hydrogen-bond acceptors (Lipinski definition) is 2. The van der Waals surface area contributed by atoms with Crippen molar-refractivity contribution in [2.45, 2.75) is 25.8 Å². The molecule has 0 saturated heterocycles. The molecular weight excluding hydrogens is 202 g/mol. The molecule has 84 valence electrons. The van der Waals surface area contributed by atoms with Crippen LogP contribution in [-0.4, -0.2) is 17.1 Å². The monoisotopic (exact) mass is 217 g/mol. The van der Waals surface area contributed by atoms with E-state index in [-0.39, 0.29) is 0 Å². The number of carboxylic acid groups (broad SMARTS) is 1. The fourth-order valence-corrected chi connectivity index (χ4v) is 2.13. The first-order valence-corrected chi connectivity index (χ1v) is 5.36. The summed E-state index contributed by atoms with van der Waals surface area (Å²) >= 11 is 0. The molecule has 1 atom stereocenters. The number of nitrogens with two attached hydrogens (primary N) is 1. The normalized spacial score (nSPS) is 15.5. The van der Waals surface area contributed by atoms with Crippen LogP contribution in [0.5, 0.6) is 0 Å². The lowest BCUT2D eigenvalue weighted by Crippen LogP contribution is -2.30. The number of carbonyl (C=O) groups is 1. The van der Waals surface area contributed by atoms with Crippen LogP contribution in [0.25, 0.3) is 5.57 Å². The molecule has 1 aliphatic carbocycles. The molecule has 1 unspecified atom stereocenters. The average molecular weight is 217 g/mol. The van der Waals surface area contributed by atoms with Gasteiger partial charge in [0.15, 0.2) is 0 Å². The maximum absolute atomic E-state index is 10.7. The smallest absolute Gasteiger partial charge is 0.320 e. The van der Waals surface area contributed by atoms with Crippen LogP contribution in [0.15, 0.2) is 24.3 Å². The Kier molecular flexibility index (Phi) is 2.79. The van der Waals surface area contributed by atoms with E-state index in [1.54, 1.807) is 0 Å². The van der Waals surface area contributed by atoms with Gasteiger partial charge in [0.05, 0.1) is 0 Å². The van der Waals surface area contributed by atoms with E-state index in [4.69, 9.17) is 10.8 Å². The highest BCUT2D eigenvalue weighted by atomic mass is 16.4. The zero-order chi connectivity index (χ0) is 11.7. The summed E-state index contributed by atoms with van der Waals surface area (Å²) in [5.41, 5.74) is 10.3. The van der Waals surface area contributed by atoms with E-state index >= 15 is 0 Å². The van der Waals surface area contributed by atoms with Crippen LogP contribution >= 0.6 is 0 Å². The molecule has 0 heterocycles. The van der Waals surface area contributed by atoms with Crippen LogP contribution in [0, 0.1) is 6.92 Å². The van der Waals surface area contributed by atoms with E-state index < -0.39 is 12.0 Å². The first-order chi connectivity index (χ1) is 7.59. The highest BCUT2D eigenvalue weighted by Crippen LogP contribution is 2.32. The Morgan fingerprint density at radius 2 is 2.31 bits per heavy atom. The number of hydrogen-bond donors (Lipinski definition) is 2. The number of benzene rings is 1. The minimum atomic E-state index is -0.943. The van der Waals surface area contributed by atoms with Crippen molar-refractivity contribution in [2.24, 2.45) is 5.73 Å². The van der Waals surface area contributed by atoms with E-state index in [1.165, 1.54) is 11.1 Å². The summed E-state index contributed by atoms with van der Waals surface area (Å²) in [6.45, 7) is 2.08. The van der Waals surface area contributed by atoms with Gasteiger partial charge < -0.3 is 10.8 Å². The second-order valence-electron chi connectivity index (χ2n) is 4.18. The molecule has 0 radical (unpaired) electrons. The van der Waals surface area contributed by atoms with Crippen LogP contribution < -0.4 is 5.73 Å². The van der Waals surface area contributed by atoms with Gasteiger partial charge in [-0.05, 0) is 42.0 Å². The highest BCUT2D eigenvalue weighted by molar-refractivity contribution is 5.80. The predicted octanol–water partition coefficient (Wildman–Crippen LogP) is 1.74. The van der Waals surface area contributed by atoms with E-state index in [9.17, 15) is 4.79 Å². The zero-order valence-electron chi connectivity index (χ0n) is 9.23. The minimum Gasteiger partial charge on any atom is -0.480 e. The molecule has 0 saturated carbocycles. The third-order valence-corrected chi connectivity index (χ3v) is 3.07. The second-order valence-corrected chi connectivity index (χ2v) is 4.18. The molecule has 0 aliphatic heterocycles. The lowest BCUT2D eigenvalue weighted by Gasteiger charge is -2.10. The maximum atomic E-state index is 10.7. The van der Waals surface area contributed by atoms with Crippen molar-refractivity contribution >= 4 is 11.5 Å². The van der Waals surface area contributed by atoms with Crippen LogP contribution in [0.4, 0.5) is 0 Å². The van der Waals surface area contributed by atoms with Crippen LogP contribution in [0.1, 0.15) is 23.1 Å². The standard InChI is InChI=1S/C13H15NO2/c1-8-3-2-4-11-9(5-6-10(8)11)7-12(14)13(15)16/h2-5,12H,6-7,14H2,1H3,(H,15,16). The molecule has 1 aromatic rings. The molecule has 0 amide bonds. The number of rotatable bonds is 3. The van der Waals surface area contributed by atoms with E-state index in [0.29, 0.717) is 6.42 Å². The van der Waals surface area contributed by atoms with Gasteiger partial charge in [-0.1, -0.05) is 24.3 Å². The lowest BCUT2D eigenvalue weighted by atomic mass is 9.97. The number of aliphatic carboxylic acids is 1. The number of allylic oxidation sites excluding steroid dienone is 1. The summed E-state index contributed by atoms with van der Waals surface area (Å²) in [6.07, 6.45) is 3.38. The van der Waals surface area contributed by atoms with E-state index in [0.717, 1.165) is 17.6 Å². The summed E-state index contributed by atoms with van der Waals surface area (Å²) in [6, 6.07) is 5.31. The third kappa shape index (κ3) is 1.86. The summed E-state index contributed by atoms with van der Waals surface area (Å²) in [5.74, 6) is -0.943. The van der Waals surface area contributed by atoms with E-state index in [2.05, 4.69) is 19.1 Å². The lowest BCUT2D eigenvalue weighted by molar-refractivity contribution is -0.138. The Labute approximate surface area is 94.6 Å². The van der Waals surface area contributed by atoms with Crippen molar-refractivity contribution in [3.8, 4) is 0 Å². The largest absolute Gasteiger partial charge is 0.480 e. The molecule has 0 spiro atoms. The Hall–Kier alpha value is -1.61. The van der Waals surface area contributed by atoms with Gasteiger partial charge in [-0.2, -0.15) is 0 Å². The predicted molar refractivity (Wildman–Crippen MR) is 63.1 cm³/mol. The molecule has 3 N–H and O–H groups in total. The SMILES string of the molecule is Cc1cccc2c1CC=C2CC(N)C(=O)O. The van der Waals surface area contributed by atoms with Gasteiger partial charge in [0, 0.05) is 0 Å². The third-order valence-electron chi connectivity index (χ3n) is 3.07. The molecule has 1 aromatic carbocycles. The minimum absolute atomic E-state index is 0.409. The van der Waals surface area contributed by atoms with Gasteiger partial charge in [0.1, 0.15) is 6.04 Å². The van der Waals surface area contributed by atoms with Crippen molar-refractivity contribution in [3.05, 3.63) is 41.0 Å². The summed E-state index contributed by atoms with van der Waals surface area (Å²) in [5, 5.41) is 8.79. The molecule has 3 nitrogen and oxygen atoms in total. The van der Waals surface area contributed by atoms with Crippen molar-refractivity contribution in [2.75, 3.05) is 0 Å². The van der Waals surface area contributed by atoms with Crippen molar-refractivity contribution in [1.82, 2.24) is 0 Å². The fraction of sp³-hybridized carbons (Fsp3) is 0.308.